The molecule has 1 saturated heterocycles. The molecule has 2 aliphatic heterocycles. The van der Waals surface area contributed by atoms with Gasteiger partial charge < -0.3 is 10.1 Å². The number of benzene rings is 1. The molecule has 1 aromatic carbocycles. The van der Waals surface area contributed by atoms with Gasteiger partial charge in [0.1, 0.15) is 17.2 Å². The van der Waals surface area contributed by atoms with E-state index in [4.69, 9.17) is 14.7 Å². The highest BCUT2D eigenvalue weighted by Crippen LogP contribution is 2.47. The van der Waals surface area contributed by atoms with E-state index < -0.39 is 5.60 Å². The second-order valence-corrected chi connectivity index (χ2v) is 9.47. The maximum absolute atomic E-state index is 13.9. The second-order valence-electron chi connectivity index (χ2n) is 9.47. The highest BCUT2D eigenvalue weighted by Gasteiger charge is 2.46. The first-order valence-electron chi connectivity index (χ1n) is 11.1. The average Bonchev–Trinajstić information content (AvgIpc) is 3.07. The van der Waals surface area contributed by atoms with Crippen molar-refractivity contribution in [3.63, 3.8) is 0 Å². The molecule has 0 spiro atoms. The van der Waals surface area contributed by atoms with Crippen LogP contribution < -0.4 is 5.32 Å². The van der Waals surface area contributed by atoms with Crippen LogP contribution in [0, 0.1) is 5.82 Å². The van der Waals surface area contributed by atoms with E-state index in [9.17, 15) is 9.18 Å². The molecule has 2 bridgehead atoms. The molecule has 4 heterocycles. The molecule has 0 saturated carbocycles. The minimum Gasteiger partial charge on any atom is -0.444 e. The number of aromatic nitrogens is 3. The Labute approximate surface area is 192 Å². The van der Waals surface area contributed by atoms with E-state index in [0.29, 0.717) is 23.8 Å². The Bertz CT molecular complexity index is 1200. The summed E-state index contributed by atoms with van der Waals surface area (Å²) in [6.07, 6.45) is 5.35. The Morgan fingerprint density at radius 1 is 1.15 bits per heavy atom. The van der Waals surface area contributed by atoms with E-state index in [1.165, 1.54) is 12.1 Å². The van der Waals surface area contributed by atoms with Crippen molar-refractivity contribution in [3.05, 3.63) is 65.9 Å². The van der Waals surface area contributed by atoms with Crippen LogP contribution in [0.25, 0.3) is 11.4 Å². The van der Waals surface area contributed by atoms with Gasteiger partial charge in [-0.3, -0.25) is 9.88 Å². The minimum absolute atomic E-state index is 0.0274. The van der Waals surface area contributed by atoms with Crippen LogP contribution in [0.3, 0.4) is 0 Å². The lowest BCUT2D eigenvalue weighted by Gasteiger charge is -2.37. The van der Waals surface area contributed by atoms with Gasteiger partial charge >= 0.3 is 6.09 Å². The minimum atomic E-state index is -0.582. The first-order chi connectivity index (χ1) is 15.8. The van der Waals surface area contributed by atoms with Crippen LogP contribution in [-0.4, -0.2) is 37.6 Å². The van der Waals surface area contributed by atoms with Crippen molar-refractivity contribution in [2.24, 2.45) is 0 Å². The fraction of sp³-hybridized carbons (Fsp3) is 0.360. The van der Waals surface area contributed by atoms with Gasteiger partial charge in [-0.05, 0) is 63.9 Å². The van der Waals surface area contributed by atoms with E-state index in [0.717, 1.165) is 29.7 Å². The maximum Gasteiger partial charge on any atom is 0.411 e. The van der Waals surface area contributed by atoms with Gasteiger partial charge in [0.05, 0.1) is 11.7 Å². The van der Waals surface area contributed by atoms with Crippen molar-refractivity contribution in [1.29, 1.82) is 0 Å². The van der Waals surface area contributed by atoms with Crippen LogP contribution in [0.1, 0.15) is 50.9 Å². The van der Waals surface area contributed by atoms with Crippen LogP contribution in [0.2, 0.25) is 0 Å². The predicted molar refractivity (Wildman–Crippen MR) is 122 cm³/mol. The number of halogens is 1. The van der Waals surface area contributed by atoms with Gasteiger partial charge in [-0.1, -0.05) is 6.07 Å². The molecule has 3 aromatic rings. The molecule has 1 amide bonds. The Balaban J connectivity index is 1.60. The number of hydrogen-bond donors (Lipinski definition) is 1. The quantitative estimate of drug-likeness (QED) is 0.578. The van der Waals surface area contributed by atoms with E-state index in [1.807, 2.05) is 37.8 Å². The Morgan fingerprint density at radius 3 is 2.67 bits per heavy atom. The molecular formula is C25H26FN5O2. The number of ether oxygens (including phenoxy) is 1. The lowest BCUT2D eigenvalue weighted by molar-refractivity contribution is 0.0123. The van der Waals surface area contributed by atoms with Crippen LogP contribution in [-0.2, 0) is 11.2 Å². The summed E-state index contributed by atoms with van der Waals surface area (Å²) >= 11 is 0. The number of nitrogens with zero attached hydrogens (tertiary/aromatic N) is 4. The molecule has 170 valence electrons. The number of pyridine rings is 1. The number of hydrogen-bond acceptors (Lipinski definition) is 6. The number of rotatable bonds is 3. The van der Waals surface area contributed by atoms with Crippen molar-refractivity contribution in [2.45, 2.75) is 57.7 Å². The second kappa shape index (κ2) is 8.10. The molecule has 2 atom stereocenters. The summed E-state index contributed by atoms with van der Waals surface area (Å²) in [5.74, 6) is 0.810. The molecule has 0 unspecified atom stereocenters. The van der Waals surface area contributed by atoms with Crippen molar-refractivity contribution in [1.82, 2.24) is 19.9 Å². The Kier molecular flexibility index (Phi) is 5.23. The maximum atomic E-state index is 13.9. The van der Waals surface area contributed by atoms with E-state index in [1.54, 1.807) is 24.5 Å². The van der Waals surface area contributed by atoms with Crippen LogP contribution >= 0.6 is 0 Å². The monoisotopic (exact) mass is 447 g/mol. The number of carbonyl (C=O) groups is 1. The van der Waals surface area contributed by atoms with Gasteiger partial charge in [0.15, 0.2) is 5.82 Å². The summed E-state index contributed by atoms with van der Waals surface area (Å²) in [5.41, 5.74) is 2.62. The Morgan fingerprint density at radius 2 is 1.94 bits per heavy atom. The molecular weight excluding hydrogens is 421 g/mol. The lowest BCUT2D eigenvalue weighted by Crippen LogP contribution is -2.45. The predicted octanol–water partition coefficient (Wildman–Crippen LogP) is 5.42. The molecule has 33 heavy (non-hydrogen) atoms. The molecule has 0 radical (unpaired) electrons. The van der Waals surface area contributed by atoms with Gasteiger partial charge in [-0.15, -0.1) is 0 Å². The molecule has 2 aliphatic rings. The number of anilines is 2. The standard InChI is InChI=1S/C25H26FN5O2/c1-25(2,3)33-24(32)31-18-7-8-20(31)21-19(14-18)29-22(15-9-11-27-12-10-15)30-23(21)28-17-6-4-5-16(26)13-17/h4-6,9-13,18,20H,7-8,14H2,1-3H3,(H,28,29,30)/t18-,20+/m0/s1. The highest BCUT2D eigenvalue weighted by molar-refractivity contribution is 5.73. The molecule has 8 heteroatoms. The smallest absolute Gasteiger partial charge is 0.411 e. The van der Waals surface area contributed by atoms with Gasteiger partial charge in [0, 0.05) is 41.7 Å². The van der Waals surface area contributed by atoms with E-state index >= 15 is 0 Å². The molecule has 0 aliphatic carbocycles. The molecule has 5 rings (SSSR count). The summed E-state index contributed by atoms with van der Waals surface area (Å²) in [7, 11) is 0. The Hall–Kier alpha value is -3.55. The number of nitrogens with one attached hydrogen (secondary N) is 1. The summed E-state index contributed by atoms with van der Waals surface area (Å²) in [5, 5.41) is 3.29. The third kappa shape index (κ3) is 4.25. The van der Waals surface area contributed by atoms with Crippen LogP contribution in [0.5, 0.6) is 0 Å². The zero-order valence-electron chi connectivity index (χ0n) is 18.9. The third-order valence-corrected chi connectivity index (χ3v) is 5.92. The molecule has 1 fully saturated rings. The van der Waals surface area contributed by atoms with Crippen LogP contribution in [0.4, 0.5) is 20.7 Å². The zero-order valence-corrected chi connectivity index (χ0v) is 18.9. The fourth-order valence-corrected chi connectivity index (χ4v) is 4.63. The van der Waals surface area contributed by atoms with E-state index in [-0.39, 0.29) is 24.0 Å². The molecule has 1 N–H and O–H groups in total. The van der Waals surface area contributed by atoms with Gasteiger partial charge in [-0.2, -0.15) is 0 Å². The molecule has 2 aromatic heterocycles. The zero-order chi connectivity index (χ0) is 23.2. The SMILES string of the molecule is CC(C)(C)OC(=O)N1[C@H]2CC[C@@H]1c1c(nc(-c3ccncc3)nc1Nc1cccc(F)c1)C2. The van der Waals surface area contributed by atoms with Gasteiger partial charge in [-0.25, -0.2) is 19.2 Å². The third-order valence-electron chi connectivity index (χ3n) is 5.92. The number of carbonyl (C=O) groups excluding carboxylic acids is 1. The largest absolute Gasteiger partial charge is 0.444 e. The first-order valence-corrected chi connectivity index (χ1v) is 11.1. The van der Waals surface area contributed by atoms with Crippen molar-refractivity contribution >= 4 is 17.6 Å². The number of amides is 1. The first kappa shape index (κ1) is 21.3. The van der Waals surface area contributed by atoms with Gasteiger partial charge in [0.2, 0.25) is 0 Å². The average molecular weight is 448 g/mol. The van der Waals surface area contributed by atoms with Gasteiger partial charge in [0.25, 0.3) is 0 Å². The summed E-state index contributed by atoms with van der Waals surface area (Å²) in [6.45, 7) is 5.60. The normalized spacial score (nSPS) is 19.2. The highest BCUT2D eigenvalue weighted by atomic mass is 19.1. The summed E-state index contributed by atoms with van der Waals surface area (Å²) in [6, 6.07) is 9.80. The topological polar surface area (TPSA) is 80.2 Å². The lowest BCUT2D eigenvalue weighted by atomic mass is 9.97. The summed E-state index contributed by atoms with van der Waals surface area (Å²) in [4.78, 5) is 28.7. The van der Waals surface area contributed by atoms with Crippen molar-refractivity contribution < 1.29 is 13.9 Å². The summed E-state index contributed by atoms with van der Waals surface area (Å²) < 4.78 is 19.6. The molecule has 7 nitrogen and oxygen atoms in total. The van der Waals surface area contributed by atoms with Crippen molar-refractivity contribution in [2.75, 3.05) is 5.32 Å². The van der Waals surface area contributed by atoms with E-state index in [2.05, 4.69) is 10.3 Å². The van der Waals surface area contributed by atoms with Crippen molar-refractivity contribution in [3.8, 4) is 11.4 Å². The number of fused-ring (bicyclic) bond motifs is 4. The fourth-order valence-electron chi connectivity index (χ4n) is 4.63. The van der Waals surface area contributed by atoms with Crippen LogP contribution in [0.15, 0.2) is 48.8 Å².